The summed E-state index contributed by atoms with van der Waals surface area (Å²) in [6.07, 6.45) is 0. The molecule has 6 heteroatoms. The van der Waals surface area contributed by atoms with E-state index in [0.29, 0.717) is 17.5 Å². The first-order valence-electron chi connectivity index (χ1n) is 15.8. The van der Waals surface area contributed by atoms with E-state index >= 15 is 0 Å². The molecule has 6 nitrogen and oxygen atoms in total. The second kappa shape index (κ2) is 10.4. The second-order valence-electron chi connectivity index (χ2n) is 11.8. The van der Waals surface area contributed by atoms with Crippen molar-refractivity contribution in [2.75, 3.05) is 0 Å². The lowest BCUT2D eigenvalue weighted by Gasteiger charge is -2.10. The van der Waals surface area contributed by atoms with Gasteiger partial charge in [-0.1, -0.05) is 115 Å². The molecule has 0 aliphatic carbocycles. The Morgan fingerprint density at radius 2 is 0.979 bits per heavy atom. The van der Waals surface area contributed by atoms with E-state index in [1.54, 1.807) is 0 Å². The number of hydrogen-bond acceptors (Lipinski definition) is 6. The largest absolute Gasteiger partial charge is 0.456 e. The minimum Gasteiger partial charge on any atom is -0.456 e. The van der Waals surface area contributed by atoms with Crippen LogP contribution in [-0.4, -0.2) is 19.9 Å². The topological polar surface area (TPSA) is 77.8 Å². The van der Waals surface area contributed by atoms with E-state index in [9.17, 15) is 0 Å². The normalized spacial score (nSPS) is 11.8. The first-order valence-corrected chi connectivity index (χ1v) is 15.8. The summed E-state index contributed by atoms with van der Waals surface area (Å²) in [6.45, 7) is 0. The number of aromatic nitrogens is 4. The first kappa shape index (κ1) is 26.5. The minimum atomic E-state index is 0.591. The minimum absolute atomic E-state index is 0.591. The highest BCUT2D eigenvalue weighted by atomic mass is 16.3. The fraction of sp³-hybridized carbons (Fsp3) is 0. The summed E-state index contributed by atoms with van der Waals surface area (Å²) in [4.78, 5) is 20.0. The monoisotopic (exact) mass is 616 g/mol. The molecule has 0 saturated carbocycles. The van der Waals surface area contributed by atoms with Crippen molar-refractivity contribution >= 4 is 54.9 Å². The summed E-state index contributed by atoms with van der Waals surface area (Å²) < 4.78 is 12.5. The molecule has 0 N–H and O–H groups in total. The molecule has 48 heavy (non-hydrogen) atoms. The highest BCUT2D eigenvalue weighted by Gasteiger charge is 2.19. The van der Waals surface area contributed by atoms with Crippen molar-refractivity contribution in [3.63, 3.8) is 0 Å². The third-order valence-electron chi connectivity index (χ3n) is 8.94. The van der Waals surface area contributed by atoms with Gasteiger partial charge in [0.1, 0.15) is 22.3 Å². The summed E-state index contributed by atoms with van der Waals surface area (Å²) in [7, 11) is 0. The van der Waals surface area contributed by atoms with Gasteiger partial charge in [-0.15, -0.1) is 0 Å². The molecule has 0 atom stereocenters. The molecule has 6 aromatic carbocycles. The zero-order valence-corrected chi connectivity index (χ0v) is 25.5. The van der Waals surface area contributed by atoms with Gasteiger partial charge in [-0.05, 0) is 41.5 Å². The van der Waals surface area contributed by atoms with Gasteiger partial charge in [-0.3, -0.25) is 0 Å². The van der Waals surface area contributed by atoms with Crippen LogP contribution in [-0.2, 0) is 0 Å². The van der Waals surface area contributed by atoms with E-state index in [1.807, 2.05) is 91.0 Å². The van der Waals surface area contributed by atoms with Crippen LogP contribution in [0.25, 0.3) is 100 Å². The molecule has 0 saturated heterocycles. The molecule has 0 fully saturated rings. The fourth-order valence-corrected chi connectivity index (χ4v) is 6.67. The Hall–Kier alpha value is -6.66. The number of nitrogens with zero attached hydrogens (tertiary/aromatic N) is 4. The van der Waals surface area contributed by atoms with Crippen LogP contribution in [0.1, 0.15) is 0 Å². The maximum absolute atomic E-state index is 6.28. The van der Waals surface area contributed by atoms with Crippen LogP contribution in [0.4, 0.5) is 0 Å². The number of hydrogen-bond donors (Lipinski definition) is 0. The van der Waals surface area contributed by atoms with Crippen molar-refractivity contribution in [3.05, 3.63) is 146 Å². The van der Waals surface area contributed by atoms with Crippen LogP contribution in [0.3, 0.4) is 0 Å². The maximum atomic E-state index is 6.28. The Morgan fingerprint density at radius 1 is 0.375 bits per heavy atom. The summed E-state index contributed by atoms with van der Waals surface area (Å²) in [5, 5.41) is 4.07. The van der Waals surface area contributed by atoms with Crippen molar-refractivity contribution in [1.29, 1.82) is 0 Å². The molecule has 0 aliphatic heterocycles. The number of fused-ring (bicyclic) bond motifs is 7. The number of benzene rings is 6. The van der Waals surface area contributed by atoms with Gasteiger partial charge in [0.15, 0.2) is 23.1 Å². The third-order valence-corrected chi connectivity index (χ3v) is 8.94. The fourth-order valence-electron chi connectivity index (χ4n) is 6.67. The highest BCUT2D eigenvalue weighted by Crippen LogP contribution is 2.39. The van der Waals surface area contributed by atoms with E-state index in [4.69, 9.17) is 28.8 Å². The zero-order chi connectivity index (χ0) is 31.6. The molecule has 0 aliphatic rings. The molecular formula is C42H24N4O2. The molecule has 224 valence electrons. The third kappa shape index (κ3) is 4.20. The van der Waals surface area contributed by atoms with E-state index in [2.05, 4.69) is 54.6 Å². The maximum Gasteiger partial charge on any atom is 0.164 e. The van der Waals surface area contributed by atoms with Gasteiger partial charge < -0.3 is 8.83 Å². The van der Waals surface area contributed by atoms with E-state index in [-0.39, 0.29) is 0 Å². The lowest BCUT2D eigenvalue weighted by atomic mass is 9.99. The number of para-hydroxylation sites is 2. The molecule has 10 aromatic rings. The lowest BCUT2D eigenvalue weighted by molar-refractivity contribution is 0.668. The Kier molecular flexibility index (Phi) is 5.77. The molecule has 4 heterocycles. The molecule has 10 rings (SSSR count). The van der Waals surface area contributed by atoms with Crippen LogP contribution in [0, 0.1) is 0 Å². The van der Waals surface area contributed by atoms with E-state index in [0.717, 1.165) is 82.7 Å². The summed E-state index contributed by atoms with van der Waals surface area (Å²) in [5.41, 5.74) is 9.82. The van der Waals surface area contributed by atoms with Crippen molar-refractivity contribution < 1.29 is 8.83 Å². The van der Waals surface area contributed by atoms with Crippen molar-refractivity contribution in [2.45, 2.75) is 0 Å². The van der Waals surface area contributed by atoms with E-state index < -0.39 is 0 Å². The zero-order valence-electron chi connectivity index (χ0n) is 25.5. The van der Waals surface area contributed by atoms with Gasteiger partial charge in [-0.2, -0.15) is 0 Å². The van der Waals surface area contributed by atoms with Crippen LogP contribution >= 0.6 is 0 Å². The first-order chi connectivity index (χ1) is 23.8. The van der Waals surface area contributed by atoms with Crippen LogP contribution in [0.5, 0.6) is 0 Å². The van der Waals surface area contributed by atoms with Gasteiger partial charge in [0.25, 0.3) is 0 Å². The Bertz CT molecular complexity index is 2840. The molecule has 4 aromatic heterocycles. The summed E-state index contributed by atoms with van der Waals surface area (Å²) >= 11 is 0. The Labute approximate surface area is 274 Å². The molecular weight excluding hydrogens is 592 g/mol. The van der Waals surface area contributed by atoms with Gasteiger partial charge in [0.2, 0.25) is 0 Å². The predicted molar refractivity (Wildman–Crippen MR) is 191 cm³/mol. The van der Waals surface area contributed by atoms with Crippen LogP contribution in [0.15, 0.2) is 154 Å². The smallest absolute Gasteiger partial charge is 0.164 e. The molecule has 0 amide bonds. The van der Waals surface area contributed by atoms with Gasteiger partial charge in [-0.25, -0.2) is 19.9 Å². The Balaban J connectivity index is 1.13. The molecule has 0 radical (unpaired) electrons. The average molecular weight is 617 g/mol. The van der Waals surface area contributed by atoms with Gasteiger partial charge >= 0.3 is 0 Å². The Morgan fingerprint density at radius 3 is 1.81 bits per heavy atom. The van der Waals surface area contributed by atoms with Crippen LogP contribution < -0.4 is 0 Å². The summed E-state index contributed by atoms with van der Waals surface area (Å²) in [5.74, 6) is 1.79. The molecule has 0 unspecified atom stereocenters. The molecule has 0 bridgehead atoms. The van der Waals surface area contributed by atoms with E-state index in [1.165, 1.54) is 0 Å². The molecule has 0 spiro atoms. The number of rotatable bonds is 4. The number of furan rings is 2. The van der Waals surface area contributed by atoms with Crippen molar-refractivity contribution in [2.24, 2.45) is 0 Å². The van der Waals surface area contributed by atoms with Gasteiger partial charge in [0.05, 0.1) is 10.9 Å². The lowest BCUT2D eigenvalue weighted by Crippen LogP contribution is -2.00. The predicted octanol–water partition coefficient (Wildman–Crippen LogP) is 10.9. The van der Waals surface area contributed by atoms with Crippen molar-refractivity contribution in [3.8, 4) is 45.3 Å². The van der Waals surface area contributed by atoms with Crippen molar-refractivity contribution in [1.82, 2.24) is 19.9 Å². The second-order valence-corrected chi connectivity index (χ2v) is 11.8. The quantitative estimate of drug-likeness (QED) is 0.196. The number of pyridine rings is 1. The summed E-state index contributed by atoms with van der Waals surface area (Å²) in [6, 6.07) is 48.8. The average Bonchev–Trinajstić information content (AvgIpc) is 3.72. The van der Waals surface area contributed by atoms with Gasteiger partial charge in [0, 0.05) is 32.8 Å². The standard InChI is InChI=1S/C42H24N4O2/c1-2-10-26(11-3-1)40-44-41(46-42(45-40)31-15-9-18-34-37(31)30-13-5-7-17-33(30)47-34)27-22-20-25(21-23-27)29-14-8-19-35-38(29)39-36(48-35)24-28-12-4-6-16-32(28)43-39/h1-24H. The van der Waals surface area contributed by atoms with Crippen LogP contribution in [0.2, 0.25) is 0 Å². The SMILES string of the molecule is c1ccc(-c2nc(-c3ccc(-c4cccc5oc6cc7ccccc7nc6c45)cc3)nc(-c3cccc4oc5ccccc5c34)n2)cc1. The highest BCUT2D eigenvalue weighted by molar-refractivity contribution is 6.13.